The first-order valence-electron chi connectivity index (χ1n) is 6.97. The summed E-state index contributed by atoms with van der Waals surface area (Å²) < 4.78 is 0. The van der Waals surface area contributed by atoms with Gasteiger partial charge in [-0.3, -0.25) is 4.79 Å². The monoisotopic (exact) mass is 296 g/mol. The molecule has 1 aliphatic heterocycles. The SMILES string of the molecule is CC(N)C(=O)N1CCC(C(O)c2ccc(Cl)cc2)CC1. The van der Waals surface area contributed by atoms with Crippen LogP contribution in [0.2, 0.25) is 5.02 Å². The molecule has 0 bridgehead atoms. The number of carbonyl (C=O) groups is 1. The lowest BCUT2D eigenvalue weighted by atomic mass is 9.87. The number of aliphatic hydroxyl groups is 1. The third-order valence-corrected chi connectivity index (χ3v) is 4.15. The summed E-state index contributed by atoms with van der Waals surface area (Å²) in [7, 11) is 0. The second-order valence-corrected chi connectivity index (χ2v) is 5.88. The number of nitrogens with zero attached hydrogens (tertiary/aromatic N) is 1. The number of hydrogen-bond donors (Lipinski definition) is 2. The van der Waals surface area contributed by atoms with Gasteiger partial charge in [0.05, 0.1) is 12.1 Å². The zero-order valence-electron chi connectivity index (χ0n) is 11.6. The molecule has 1 saturated heterocycles. The van der Waals surface area contributed by atoms with E-state index in [1.54, 1.807) is 24.0 Å². The minimum Gasteiger partial charge on any atom is -0.388 e. The van der Waals surface area contributed by atoms with Crippen LogP contribution in [0.4, 0.5) is 0 Å². The first-order valence-corrected chi connectivity index (χ1v) is 7.34. The maximum atomic E-state index is 11.8. The van der Waals surface area contributed by atoms with Crippen LogP contribution in [-0.2, 0) is 4.79 Å². The van der Waals surface area contributed by atoms with E-state index < -0.39 is 12.1 Å². The maximum absolute atomic E-state index is 11.8. The van der Waals surface area contributed by atoms with Crippen LogP contribution >= 0.6 is 11.6 Å². The summed E-state index contributed by atoms with van der Waals surface area (Å²) in [5, 5.41) is 11.1. The van der Waals surface area contributed by atoms with Crippen LogP contribution in [0, 0.1) is 5.92 Å². The third kappa shape index (κ3) is 3.51. The molecule has 0 saturated carbocycles. The number of halogens is 1. The normalized spacial score (nSPS) is 19.7. The number of piperidine rings is 1. The molecular weight excluding hydrogens is 276 g/mol. The van der Waals surface area contributed by atoms with Crippen molar-refractivity contribution in [2.75, 3.05) is 13.1 Å². The Bertz CT molecular complexity index is 453. The van der Waals surface area contributed by atoms with Gasteiger partial charge in [-0.25, -0.2) is 0 Å². The van der Waals surface area contributed by atoms with Gasteiger partial charge in [-0.05, 0) is 43.4 Å². The number of rotatable bonds is 3. The highest BCUT2D eigenvalue weighted by molar-refractivity contribution is 6.30. The number of likely N-dealkylation sites (tertiary alicyclic amines) is 1. The third-order valence-electron chi connectivity index (χ3n) is 3.90. The highest BCUT2D eigenvalue weighted by Gasteiger charge is 2.29. The zero-order chi connectivity index (χ0) is 14.7. The van der Waals surface area contributed by atoms with Gasteiger partial charge in [0.2, 0.25) is 5.91 Å². The Labute approximate surface area is 124 Å². The summed E-state index contributed by atoms with van der Waals surface area (Å²) in [6, 6.07) is 6.83. The highest BCUT2D eigenvalue weighted by Crippen LogP contribution is 2.31. The predicted molar refractivity (Wildman–Crippen MR) is 79.4 cm³/mol. The molecule has 1 amide bonds. The van der Waals surface area contributed by atoms with Crippen molar-refractivity contribution in [1.82, 2.24) is 4.90 Å². The molecule has 0 aromatic heterocycles. The quantitative estimate of drug-likeness (QED) is 0.896. The Morgan fingerprint density at radius 2 is 1.90 bits per heavy atom. The number of carbonyl (C=O) groups excluding carboxylic acids is 1. The Morgan fingerprint density at radius 1 is 1.35 bits per heavy atom. The fourth-order valence-electron chi connectivity index (χ4n) is 2.66. The number of amides is 1. The Kier molecular flexibility index (Phi) is 5.02. The summed E-state index contributed by atoms with van der Waals surface area (Å²) in [4.78, 5) is 13.6. The molecule has 1 aromatic rings. The lowest BCUT2D eigenvalue weighted by molar-refractivity contribution is -0.134. The molecule has 0 radical (unpaired) electrons. The highest BCUT2D eigenvalue weighted by atomic mass is 35.5. The van der Waals surface area contributed by atoms with Crippen LogP contribution in [0.15, 0.2) is 24.3 Å². The minimum atomic E-state index is -0.500. The molecule has 1 fully saturated rings. The van der Waals surface area contributed by atoms with Gasteiger partial charge in [0, 0.05) is 18.1 Å². The standard InChI is InChI=1S/C15H21ClN2O2/c1-10(17)15(20)18-8-6-12(7-9-18)14(19)11-2-4-13(16)5-3-11/h2-5,10,12,14,19H,6-9,17H2,1H3. The summed E-state index contributed by atoms with van der Waals surface area (Å²) in [5.74, 6) is 0.165. The molecule has 1 aromatic carbocycles. The van der Waals surface area contributed by atoms with Gasteiger partial charge >= 0.3 is 0 Å². The van der Waals surface area contributed by atoms with Crippen LogP contribution in [0.3, 0.4) is 0 Å². The molecular formula is C15H21ClN2O2. The van der Waals surface area contributed by atoms with Crippen molar-refractivity contribution in [3.05, 3.63) is 34.9 Å². The summed E-state index contributed by atoms with van der Waals surface area (Å²) in [5.41, 5.74) is 6.49. The van der Waals surface area contributed by atoms with Crippen molar-refractivity contribution in [3.8, 4) is 0 Å². The molecule has 20 heavy (non-hydrogen) atoms. The minimum absolute atomic E-state index is 0.00978. The van der Waals surface area contributed by atoms with E-state index in [-0.39, 0.29) is 11.8 Å². The molecule has 110 valence electrons. The van der Waals surface area contributed by atoms with E-state index in [2.05, 4.69) is 0 Å². The maximum Gasteiger partial charge on any atom is 0.239 e. The van der Waals surface area contributed by atoms with Gasteiger partial charge < -0.3 is 15.7 Å². The number of hydrogen-bond acceptors (Lipinski definition) is 3. The van der Waals surface area contributed by atoms with Gasteiger partial charge in [-0.15, -0.1) is 0 Å². The van der Waals surface area contributed by atoms with Crippen LogP contribution in [0.25, 0.3) is 0 Å². The second kappa shape index (κ2) is 6.57. The molecule has 0 aliphatic carbocycles. The lowest BCUT2D eigenvalue weighted by Crippen LogP contribution is -2.46. The molecule has 3 N–H and O–H groups in total. The zero-order valence-corrected chi connectivity index (χ0v) is 12.4. The average Bonchev–Trinajstić information content (AvgIpc) is 2.46. The van der Waals surface area contributed by atoms with Gasteiger partial charge in [-0.1, -0.05) is 23.7 Å². The van der Waals surface area contributed by atoms with Crippen molar-refractivity contribution in [2.45, 2.75) is 31.9 Å². The van der Waals surface area contributed by atoms with E-state index in [4.69, 9.17) is 17.3 Å². The van der Waals surface area contributed by atoms with Crippen LogP contribution in [-0.4, -0.2) is 35.0 Å². The smallest absolute Gasteiger partial charge is 0.239 e. The molecule has 1 heterocycles. The Balaban J connectivity index is 1.93. The molecule has 2 rings (SSSR count). The van der Waals surface area contributed by atoms with Crippen molar-refractivity contribution in [2.24, 2.45) is 11.7 Å². The first-order chi connectivity index (χ1) is 9.49. The van der Waals surface area contributed by atoms with E-state index in [1.165, 1.54) is 0 Å². The van der Waals surface area contributed by atoms with Gasteiger partial charge in [0.25, 0.3) is 0 Å². The Hall–Kier alpha value is -1.10. The largest absolute Gasteiger partial charge is 0.388 e. The van der Waals surface area contributed by atoms with Gasteiger partial charge in [-0.2, -0.15) is 0 Å². The molecule has 0 spiro atoms. The average molecular weight is 297 g/mol. The van der Waals surface area contributed by atoms with Crippen LogP contribution in [0.1, 0.15) is 31.4 Å². The van der Waals surface area contributed by atoms with Crippen molar-refractivity contribution < 1.29 is 9.90 Å². The molecule has 1 aliphatic rings. The topological polar surface area (TPSA) is 66.6 Å². The fourth-order valence-corrected chi connectivity index (χ4v) is 2.78. The van der Waals surface area contributed by atoms with Crippen molar-refractivity contribution in [3.63, 3.8) is 0 Å². The number of benzene rings is 1. The van der Waals surface area contributed by atoms with Crippen LogP contribution < -0.4 is 5.73 Å². The summed E-state index contributed by atoms with van der Waals surface area (Å²) in [6.07, 6.45) is 1.09. The van der Waals surface area contributed by atoms with E-state index in [9.17, 15) is 9.90 Å². The molecule has 5 heteroatoms. The Morgan fingerprint density at radius 3 is 2.40 bits per heavy atom. The molecule has 2 atom stereocenters. The number of nitrogens with two attached hydrogens (primary N) is 1. The number of aliphatic hydroxyl groups excluding tert-OH is 1. The van der Waals surface area contributed by atoms with E-state index in [0.717, 1.165) is 18.4 Å². The molecule has 2 unspecified atom stereocenters. The van der Waals surface area contributed by atoms with Gasteiger partial charge in [0.1, 0.15) is 0 Å². The van der Waals surface area contributed by atoms with E-state index in [0.29, 0.717) is 18.1 Å². The van der Waals surface area contributed by atoms with Gasteiger partial charge in [0.15, 0.2) is 0 Å². The van der Waals surface area contributed by atoms with E-state index >= 15 is 0 Å². The first kappa shape index (κ1) is 15.3. The van der Waals surface area contributed by atoms with Crippen molar-refractivity contribution in [1.29, 1.82) is 0 Å². The van der Waals surface area contributed by atoms with Crippen LogP contribution in [0.5, 0.6) is 0 Å². The van der Waals surface area contributed by atoms with E-state index in [1.807, 2.05) is 12.1 Å². The van der Waals surface area contributed by atoms with Crippen molar-refractivity contribution >= 4 is 17.5 Å². The summed E-state index contributed by atoms with van der Waals surface area (Å²) in [6.45, 7) is 3.03. The lowest BCUT2D eigenvalue weighted by Gasteiger charge is -2.35. The fraction of sp³-hybridized carbons (Fsp3) is 0.533. The summed E-state index contributed by atoms with van der Waals surface area (Å²) >= 11 is 5.85. The predicted octanol–water partition coefficient (Wildman–Crippen LogP) is 1.96. The second-order valence-electron chi connectivity index (χ2n) is 5.45. The molecule has 4 nitrogen and oxygen atoms in total.